The van der Waals surface area contributed by atoms with Crippen LogP contribution in [0.15, 0.2) is 0 Å². The molecule has 0 amide bonds. The molecule has 1 aliphatic carbocycles. The fraction of sp³-hybridized carbons (Fsp3) is 0.923. The second kappa shape index (κ2) is 7.19. The maximum atomic E-state index is 9.21. The third-order valence-electron chi connectivity index (χ3n) is 3.82. The third-order valence-corrected chi connectivity index (χ3v) is 4.54. The maximum absolute atomic E-state index is 9.21. The minimum Gasteiger partial charge on any atom is -0.298 e. The zero-order chi connectivity index (χ0) is 12.0. The Morgan fingerprint density at radius 3 is 2.69 bits per heavy atom. The van der Waals surface area contributed by atoms with Gasteiger partial charge in [0.1, 0.15) is 0 Å². The van der Waals surface area contributed by atoms with Crippen molar-refractivity contribution in [2.45, 2.75) is 51.1 Å². The van der Waals surface area contributed by atoms with Crippen LogP contribution in [0.2, 0.25) is 0 Å². The minimum absolute atomic E-state index is 0.259. The van der Waals surface area contributed by atoms with Crippen molar-refractivity contribution < 1.29 is 0 Å². The highest BCUT2D eigenvalue weighted by Crippen LogP contribution is 2.29. The Morgan fingerprint density at radius 1 is 1.44 bits per heavy atom. The molecule has 1 aliphatic rings. The average molecular weight is 240 g/mol. The lowest BCUT2D eigenvalue weighted by Gasteiger charge is -2.39. The Hall–Kier alpha value is -0.200. The van der Waals surface area contributed by atoms with Gasteiger partial charge in [-0.05, 0) is 32.6 Å². The first kappa shape index (κ1) is 13.9. The largest absolute Gasteiger partial charge is 0.298 e. The molecule has 0 aromatic rings. The summed E-state index contributed by atoms with van der Waals surface area (Å²) in [5.41, 5.74) is 0. The predicted octanol–water partition coefficient (Wildman–Crippen LogP) is 3.14. The number of hydrogen-bond donors (Lipinski definition) is 0. The summed E-state index contributed by atoms with van der Waals surface area (Å²) in [6.07, 6.45) is 8.19. The molecule has 0 radical (unpaired) electrons. The van der Waals surface area contributed by atoms with E-state index in [4.69, 9.17) is 0 Å². The van der Waals surface area contributed by atoms with Crippen LogP contribution in [-0.4, -0.2) is 36.0 Å². The molecule has 0 aromatic carbocycles. The Balaban J connectivity index is 2.61. The highest BCUT2D eigenvalue weighted by molar-refractivity contribution is 7.98. The highest BCUT2D eigenvalue weighted by atomic mass is 32.2. The van der Waals surface area contributed by atoms with Crippen molar-refractivity contribution in [3.05, 3.63) is 0 Å². The molecule has 0 N–H and O–H groups in total. The van der Waals surface area contributed by atoms with Crippen LogP contribution >= 0.6 is 11.8 Å². The number of thioether (sulfide) groups is 1. The molecule has 0 spiro atoms. The topological polar surface area (TPSA) is 27.0 Å². The summed E-state index contributed by atoms with van der Waals surface area (Å²) in [6.45, 7) is 2.25. The average Bonchev–Trinajstić information content (AvgIpc) is 2.35. The molecule has 3 atom stereocenters. The summed E-state index contributed by atoms with van der Waals surface area (Å²) in [5.74, 6) is 1.44. The zero-order valence-corrected chi connectivity index (χ0v) is 11.6. The van der Waals surface area contributed by atoms with Crippen LogP contribution in [0.5, 0.6) is 0 Å². The van der Waals surface area contributed by atoms with Crippen molar-refractivity contribution in [2.24, 2.45) is 5.92 Å². The first-order valence-corrected chi connectivity index (χ1v) is 7.74. The summed E-state index contributed by atoms with van der Waals surface area (Å²) in [4.78, 5) is 2.48. The van der Waals surface area contributed by atoms with E-state index in [2.05, 4.69) is 31.2 Å². The lowest BCUT2D eigenvalue weighted by atomic mass is 9.84. The zero-order valence-electron chi connectivity index (χ0n) is 10.8. The minimum atomic E-state index is 0.259. The SMILES string of the molecule is CCC(CSC)N(C)C1CCCCC1C#N. The molecule has 0 aliphatic heterocycles. The summed E-state index contributed by atoms with van der Waals surface area (Å²) in [6, 6.07) is 3.64. The molecule has 1 rings (SSSR count). The summed E-state index contributed by atoms with van der Waals surface area (Å²) < 4.78 is 0. The summed E-state index contributed by atoms with van der Waals surface area (Å²) in [7, 11) is 2.21. The molecule has 16 heavy (non-hydrogen) atoms. The van der Waals surface area contributed by atoms with E-state index in [0.717, 1.165) is 6.42 Å². The first-order chi connectivity index (χ1) is 7.74. The molecule has 0 heterocycles. The van der Waals surface area contributed by atoms with Crippen molar-refractivity contribution in [3.8, 4) is 6.07 Å². The van der Waals surface area contributed by atoms with Gasteiger partial charge in [0.25, 0.3) is 0 Å². The van der Waals surface area contributed by atoms with Crippen LogP contribution in [0, 0.1) is 17.2 Å². The van der Waals surface area contributed by atoms with Gasteiger partial charge in [-0.25, -0.2) is 0 Å². The molecule has 2 nitrogen and oxygen atoms in total. The van der Waals surface area contributed by atoms with Crippen molar-refractivity contribution >= 4 is 11.8 Å². The molecule has 3 unspecified atom stereocenters. The Kier molecular flexibility index (Phi) is 6.23. The van der Waals surface area contributed by atoms with Gasteiger partial charge in [-0.15, -0.1) is 0 Å². The maximum Gasteiger partial charge on any atom is 0.0672 e. The monoisotopic (exact) mass is 240 g/mol. The number of nitriles is 1. The van der Waals surface area contributed by atoms with Gasteiger partial charge in [-0.2, -0.15) is 17.0 Å². The smallest absolute Gasteiger partial charge is 0.0672 e. The van der Waals surface area contributed by atoms with Gasteiger partial charge in [0.15, 0.2) is 0 Å². The van der Waals surface area contributed by atoms with E-state index in [1.807, 2.05) is 11.8 Å². The quantitative estimate of drug-likeness (QED) is 0.738. The molecule has 92 valence electrons. The van der Waals surface area contributed by atoms with Gasteiger partial charge in [0, 0.05) is 17.8 Å². The normalized spacial score (nSPS) is 27.7. The van der Waals surface area contributed by atoms with E-state index >= 15 is 0 Å². The van der Waals surface area contributed by atoms with Gasteiger partial charge in [0.05, 0.1) is 12.0 Å². The molecule has 0 saturated heterocycles. The van der Waals surface area contributed by atoms with E-state index in [1.54, 1.807) is 0 Å². The summed E-state index contributed by atoms with van der Waals surface area (Å²) >= 11 is 1.91. The van der Waals surface area contributed by atoms with Crippen LogP contribution in [-0.2, 0) is 0 Å². The van der Waals surface area contributed by atoms with Gasteiger partial charge in [-0.3, -0.25) is 4.90 Å². The molecule has 1 fully saturated rings. The first-order valence-electron chi connectivity index (χ1n) is 6.35. The lowest BCUT2D eigenvalue weighted by molar-refractivity contribution is 0.118. The fourth-order valence-electron chi connectivity index (χ4n) is 2.74. The second-order valence-electron chi connectivity index (χ2n) is 4.77. The van der Waals surface area contributed by atoms with Crippen molar-refractivity contribution in [2.75, 3.05) is 19.1 Å². The predicted molar refractivity (Wildman–Crippen MR) is 71.6 cm³/mol. The Morgan fingerprint density at radius 2 is 2.12 bits per heavy atom. The standard InChI is InChI=1S/C13H24N2S/c1-4-12(10-16-3)15(2)13-8-6-5-7-11(13)9-14/h11-13H,4-8,10H2,1-3H3. The highest BCUT2D eigenvalue weighted by Gasteiger charge is 2.30. The number of nitrogens with zero attached hydrogens (tertiary/aromatic N) is 2. The number of hydrogen-bond acceptors (Lipinski definition) is 3. The van der Waals surface area contributed by atoms with Crippen LogP contribution in [0.4, 0.5) is 0 Å². The Labute approximate surface area is 104 Å². The van der Waals surface area contributed by atoms with Crippen LogP contribution in [0.25, 0.3) is 0 Å². The summed E-state index contributed by atoms with van der Waals surface area (Å²) in [5, 5.41) is 9.21. The molecular formula is C13H24N2S. The van der Waals surface area contributed by atoms with E-state index < -0.39 is 0 Å². The van der Waals surface area contributed by atoms with Crippen LogP contribution < -0.4 is 0 Å². The molecule has 0 bridgehead atoms. The molecule has 3 heteroatoms. The van der Waals surface area contributed by atoms with E-state index in [1.165, 1.54) is 31.4 Å². The fourth-order valence-corrected chi connectivity index (χ4v) is 3.59. The van der Waals surface area contributed by atoms with Crippen molar-refractivity contribution in [1.29, 1.82) is 5.26 Å². The van der Waals surface area contributed by atoms with Gasteiger partial charge < -0.3 is 0 Å². The molecule has 0 aromatic heterocycles. The van der Waals surface area contributed by atoms with Crippen molar-refractivity contribution in [1.82, 2.24) is 4.90 Å². The molecular weight excluding hydrogens is 216 g/mol. The second-order valence-corrected chi connectivity index (χ2v) is 5.68. The molecule has 1 saturated carbocycles. The third kappa shape index (κ3) is 3.40. The van der Waals surface area contributed by atoms with Gasteiger partial charge in [0.2, 0.25) is 0 Å². The van der Waals surface area contributed by atoms with Gasteiger partial charge in [-0.1, -0.05) is 19.8 Å². The van der Waals surface area contributed by atoms with Crippen LogP contribution in [0.3, 0.4) is 0 Å². The van der Waals surface area contributed by atoms with Crippen molar-refractivity contribution in [3.63, 3.8) is 0 Å². The lowest BCUT2D eigenvalue weighted by Crippen LogP contribution is -2.46. The van der Waals surface area contributed by atoms with Crippen LogP contribution in [0.1, 0.15) is 39.0 Å². The Bertz CT molecular complexity index is 237. The van der Waals surface area contributed by atoms with E-state index in [-0.39, 0.29) is 5.92 Å². The van der Waals surface area contributed by atoms with E-state index in [9.17, 15) is 5.26 Å². The number of rotatable bonds is 5. The van der Waals surface area contributed by atoms with Gasteiger partial charge >= 0.3 is 0 Å². The van der Waals surface area contributed by atoms with E-state index in [0.29, 0.717) is 12.1 Å².